The van der Waals surface area contributed by atoms with Crippen molar-refractivity contribution in [2.45, 2.75) is 104 Å². The zero-order valence-electron chi connectivity index (χ0n) is 18.9. The van der Waals surface area contributed by atoms with E-state index in [9.17, 15) is 14.4 Å². The number of hydrogen-bond donors (Lipinski definition) is 2. The Morgan fingerprint density at radius 1 is 0.714 bits per heavy atom. The van der Waals surface area contributed by atoms with Gasteiger partial charge in [-0.05, 0) is 81.6 Å². The molecule has 0 heterocycles. The molecule has 0 aliphatic heterocycles. The van der Waals surface area contributed by atoms with E-state index >= 15 is 0 Å². The number of amides is 2. The fraction of sp³-hybridized carbons (Fsp3) is 0.850. The fourth-order valence-electron chi connectivity index (χ4n) is 2.05. The SMILES string of the molecule is CC(C)(C)OC(=O)NCCCC[C@@H](NC(=O)OC(C)(C)C)C(=O)OC(C)(C)C. The Morgan fingerprint density at radius 2 is 1.18 bits per heavy atom. The predicted molar refractivity (Wildman–Crippen MR) is 107 cm³/mol. The van der Waals surface area contributed by atoms with Crippen molar-refractivity contribution in [2.75, 3.05) is 6.54 Å². The number of unbranched alkanes of at least 4 members (excludes halogenated alkanes) is 1. The van der Waals surface area contributed by atoms with Crippen molar-refractivity contribution in [3.63, 3.8) is 0 Å². The Labute approximate surface area is 169 Å². The molecule has 28 heavy (non-hydrogen) atoms. The molecule has 0 aromatic rings. The van der Waals surface area contributed by atoms with E-state index in [1.807, 2.05) is 0 Å². The lowest BCUT2D eigenvalue weighted by Gasteiger charge is -2.26. The van der Waals surface area contributed by atoms with Crippen LogP contribution < -0.4 is 10.6 Å². The first-order valence-electron chi connectivity index (χ1n) is 9.68. The number of hydrogen-bond acceptors (Lipinski definition) is 6. The number of ether oxygens (including phenoxy) is 3. The molecule has 0 saturated heterocycles. The van der Waals surface area contributed by atoms with Crippen LogP contribution in [0.4, 0.5) is 9.59 Å². The molecule has 0 radical (unpaired) electrons. The molecule has 0 spiro atoms. The molecule has 0 aliphatic rings. The third-order valence-corrected chi connectivity index (χ3v) is 2.97. The largest absolute Gasteiger partial charge is 0.458 e. The molecule has 0 aliphatic carbocycles. The molecule has 8 nitrogen and oxygen atoms in total. The van der Waals surface area contributed by atoms with E-state index < -0.39 is 41.0 Å². The summed E-state index contributed by atoms with van der Waals surface area (Å²) in [7, 11) is 0. The maximum absolute atomic E-state index is 12.4. The highest BCUT2D eigenvalue weighted by Gasteiger charge is 2.28. The van der Waals surface area contributed by atoms with Crippen molar-refractivity contribution < 1.29 is 28.6 Å². The third kappa shape index (κ3) is 15.1. The van der Waals surface area contributed by atoms with Gasteiger partial charge in [0, 0.05) is 6.54 Å². The number of esters is 1. The van der Waals surface area contributed by atoms with Crippen molar-refractivity contribution in [3.05, 3.63) is 0 Å². The maximum Gasteiger partial charge on any atom is 0.408 e. The third-order valence-electron chi connectivity index (χ3n) is 2.97. The molecular weight excluding hydrogens is 364 g/mol. The zero-order valence-corrected chi connectivity index (χ0v) is 18.9. The monoisotopic (exact) mass is 402 g/mol. The summed E-state index contributed by atoms with van der Waals surface area (Å²) in [5, 5.41) is 5.24. The summed E-state index contributed by atoms with van der Waals surface area (Å²) in [5.74, 6) is -0.515. The van der Waals surface area contributed by atoms with Gasteiger partial charge in [-0.25, -0.2) is 14.4 Å². The van der Waals surface area contributed by atoms with Crippen molar-refractivity contribution in [3.8, 4) is 0 Å². The molecular formula is C20H38N2O6. The Hall–Kier alpha value is -1.99. The fourth-order valence-corrected chi connectivity index (χ4v) is 2.05. The van der Waals surface area contributed by atoms with E-state index in [2.05, 4.69) is 10.6 Å². The van der Waals surface area contributed by atoms with Crippen LogP contribution in [-0.2, 0) is 19.0 Å². The number of rotatable bonds is 7. The Balaban J connectivity index is 4.58. The van der Waals surface area contributed by atoms with E-state index in [0.717, 1.165) is 0 Å². The lowest BCUT2D eigenvalue weighted by atomic mass is 10.1. The second-order valence-corrected chi connectivity index (χ2v) is 9.66. The molecule has 2 amide bonds. The molecule has 0 unspecified atom stereocenters. The summed E-state index contributed by atoms with van der Waals surface area (Å²) in [6, 6.07) is -0.824. The van der Waals surface area contributed by atoms with Crippen LogP contribution in [0, 0.1) is 0 Å². The topological polar surface area (TPSA) is 103 Å². The second-order valence-electron chi connectivity index (χ2n) is 9.66. The van der Waals surface area contributed by atoms with Crippen LogP contribution >= 0.6 is 0 Å². The van der Waals surface area contributed by atoms with Gasteiger partial charge in [0.2, 0.25) is 0 Å². The van der Waals surface area contributed by atoms with Crippen molar-refractivity contribution in [1.29, 1.82) is 0 Å². The van der Waals surface area contributed by atoms with E-state index in [0.29, 0.717) is 25.8 Å². The summed E-state index contributed by atoms with van der Waals surface area (Å²) >= 11 is 0. The van der Waals surface area contributed by atoms with E-state index in [4.69, 9.17) is 14.2 Å². The molecule has 1 atom stereocenters. The summed E-state index contributed by atoms with van der Waals surface area (Å²) in [6.45, 7) is 16.3. The van der Waals surface area contributed by atoms with Gasteiger partial charge in [0.1, 0.15) is 22.8 Å². The van der Waals surface area contributed by atoms with Gasteiger partial charge < -0.3 is 24.8 Å². The molecule has 164 valence electrons. The highest BCUT2D eigenvalue weighted by atomic mass is 16.6. The van der Waals surface area contributed by atoms with E-state index in [-0.39, 0.29) is 0 Å². The minimum absolute atomic E-state index is 0.365. The number of carbonyl (C=O) groups is 3. The highest BCUT2D eigenvalue weighted by molar-refractivity contribution is 5.81. The molecule has 0 bridgehead atoms. The molecule has 0 aromatic carbocycles. The van der Waals surface area contributed by atoms with Gasteiger partial charge >= 0.3 is 18.2 Å². The summed E-state index contributed by atoms with van der Waals surface area (Å²) in [4.78, 5) is 36.1. The van der Waals surface area contributed by atoms with Crippen molar-refractivity contribution in [1.82, 2.24) is 10.6 Å². The van der Waals surface area contributed by atoms with Gasteiger partial charge in [0.15, 0.2) is 0 Å². The van der Waals surface area contributed by atoms with Gasteiger partial charge in [-0.2, -0.15) is 0 Å². The predicted octanol–water partition coefficient (Wildman–Crippen LogP) is 3.92. The molecule has 0 aromatic heterocycles. The van der Waals surface area contributed by atoms with Crippen LogP contribution in [0.15, 0.2) is 0 Å². The van der Waals surface area contributed by atoms with Crippen LogP contribution in [0.2, 0.25) is 0 Å². The Bertz CT molecular complexity index is 526. The summed E-state index contributed by atoms with van der Waals surface area (Å²) < 4.78 is 15.8. The molecule has 0 fully saturated rings. The first-order chi connectivity index (χ1) is 12.5. The van der Waals surface area contributed by atoms with Gasteiger partial charge in [0.25, 0.3) is 0 Å². The number of carbonyl (C=O) groups excluding carboxylic acids is 3. The summed E-state index contributed by atoms with van der Waals surface area (Å²) in [5.41, 5.74) is -1.88. The quantitative estimate of drug-likeness (QED) is 0.380. The van der Waals surface area contributed by atoms with Crippen molar-refractivity contribution >= 4 is 18.2 Å². The average molecular weight is 403 g/mol. The first-order valence-corrected chi connectivity index (χ1v) is 9.68. The van der Waals surface area contributed by atoms with Gasteiger partial charge in [-0.15, -0.1) is 0 Å². The standard InChI is InChI=1S/C20H38N2O6/c1-18(2,3)26-15(23)14(22-17(25)28-20(7,8)9)12-10-11-13-21-16(24)27-19(4,5)6/h14H,10-13H2,1-9H3,(H,21,24)(H,22,25)/t14-/m1/s1. The van der Waals surface area contributed by atoms with Gasteiger partial charge in [-0.3, -0.25) is 0 Å². The minimum Gasteiger partial charge on any atom is -0.458 e. The number of alkyl carbamates (subject to hydrolysis) is 2. The lowest BCUT2D eigenvalue weighted by Crippen LogP contribution is -2.46. The van der Waals surface area contributed by atoms with Gasteiger partial charge in [0.05, 0.1) is 0 Å². The normalized spacial score (nSPS) is 13.3. The molecule has 2 N–H and O–H groups in total. The number of nitrogens with one attached hydrogen (secondary N) is 2. The van der Waals surface area contributed by atoms with Crippen LogP contribution in [0.5, 0.6) is 0 Å². The van der Waals surface area contributed by atoms with Crippen LogP contribution in [-0.4, -0.2) is 47.5 Å². The van der Waals surface area contributed by atoms with Crippen molar-refractivity contribution in [2.24, 2.45) is 0 Å². The first kappa shape index (κ1) is 26.0. The van der Waals surface area contributed by atoms with Gasteiger partial charge in [-0.1, -0.05) is 0 Å². The Morgan fingerprint density at radius 3 is 1.64 bits per heavy atom. The summed E-state index contributed by atoms with van der Waals surface area (Å²) in [6.07, 6.45) is 0.423. The van der Waals surface area contributed by atoms with E-state index in [1.54, 1.807) is 62.3 Å². The highest BCUT2D eigenvalue weighted by Crippen LogP contribution is 2.13. The second kappa shape index (κ2) is 10.5. The minimum atomic E-state index is -0.824. The van der Waals surface area contributed by atoms with Crippen LogP contribution in [0.25, 0.3) is 0 Å². The molecule has 0 saturated carbocycles. The molecule has 0 rings (SSSR count). The van der Waals surface area contributed by atoms with E-state index in [1.165, 1.54) is 0 Å². The Kier molecular flexibility index (Phi) is 9.78. The maximum atomic E-state index is 12.4. The smallest absolute Gasteiger partial charge is 0.408 e. The van der Waals surface area contributed by atoms with Crippen LogP contribution in [0.3, 0.4) is 0 Å². The lowest BCUT2D eigenvalue weighted by molar-refractivity contribution is -0.157. The average Bonchev–Trinajstić information content (AvgIpc) is 2.39. The zero-order chi connectivity index (χ0) is 22.2. The molecule has 8 heteroatoms. The van der Waals surface area contributed by atoms with Crippen LogP contribution in [0.1, 0.15) is 81.6 Å².